The van der Waals surface area contributed by atoms with Gasteiger partial charge in [0.1, 0.15) is 17.0 Å². The molecule has 0 spiro atoms. The number of anilines is 3. The summed E-state index contributed by atoms with van der Waals surface area (Å²) in [6, 6.07) is 66.8. The quantitative estimate of drug-likeness (QED) is 0.177. The predicted molar refractivity (Wildman–Crippen MR) is 218 cm³/mol. The molecule has 52 heavy (non-hydrogen) atoms. The van der Waals surface area contributed by atoms with Crippen LogP contribution < -0.4 is 4.90 Å². The zero-order chi connectivity index (χ0) is 34.4. The van der Waals surface area contributed by atoms with Gasteiger partial charge in [0.25, 0.3) is 0 Å². The molecule has 0 aliphatic carbocycles. The van der Waals surface area contributed by atoms with Gasteiger partial charge in [0.2, 0.25) is 0 Å². The van der Waals surface area contributed by atoms with Crippen LogP contribution in [0.5, 0.6) is 0 Å². The summed E-state index contributed by atoms with van der Waals surface area (Å²) < 4.78 is 6.22. The summed E-state index contributed by atoms with van der Waals surface area (Å²) in [5.41, 5.74) is 10.9. The third-order valence-electron chi connectivity index (χ3n) is 10.1. The van der Waals surface area contributed by atoms with Crippen molar-refractivity contribution >= 4 is 60.7 Å². The van der Waals surface area contributed by atoms with Crippen molar-refractivity contribution < 1.29 is 4.42 Å². The topological polar surface area (TPSA) is 29.3 Å². The van der Waals surface area contributed by atoms with Crippen molar-refractivity contribution in [2.24, 2.45) is 0 Å². The molecule has 2 aromatic heterocycles. The van der Waals surface area contributed by atoms with Gasteiger partial charge in [0.05, 0.1) is 0 Å². The first kappa shape index (κ1) is 29.9. The summed E-state index contributed by atoms with van der Waals surface area (Å²) >= 11 is 0. The Balaban J connectivity index is 1.19. The Bertz CT molecular complexity index is 2890. The number of para-hydroxylation sites is 1. The van der Waals surface area contributed by atoms with Gasteiger partial charge in [0.15, 0.2) is 0 Å². The number of hydrogen-bond donors (Lipinski definition) is 0. The van der Waals surface area contributed by atoms with Crippen molar-refractivity contribution in [3.63, 3.8) is 0 Å². The summed E-state index contributed by atoms with van der Waals surface area (Å²) in [5.74, 6) is 0.837. The maximum Gasteiger partial charge on any atom is 0.138 e. The standard InChI is InChI=1S/C49H32N2O/c1-3-12-33(13-4-1)34-22-24-39(25-23-34)51(49-30-37-28-46-44-19-9-10-21-47(44)52-48(46)29-38(37)32-50-49)40-26-27-42(35-14-5-2-6-15-35)45(31-40)43-20-11-17-36-16-7-8-18-41(36)43/h1-32H. The molecule has 244 valence electrons. The fourth-order valence-electron chi connectivity index (χ4n) is 7.55. The van der Waals surface area contributed by atoms with Crippen molar-refractivity contribution in [2.45, 2.75) is 0 Å². The van der Waals surface area contributed by atoms with E-state index in [9.17, 15) is 0 Å². The van der Waals surface area contributed by atoms with Crippen LogP contribution in [0.2, 0.25) is 0 Å². The summed E-state index contributed by atoms with van der Waals surface area (Å²) in [4.78, 5) is 7.39. The van der Waals surface area contributed by atoms with Gasteiger partial charge in [0, 0.05) is 33.7 Å². The second kappa shape index (κ2) is 12.4. The SMILES string of the molecule is c1ccc(-c2ccc(N(c3ccc(-c4ccccc4)c(-c4cccc5ccccc45)c3)c3cc4cc5c(cc4cn3)oc3ccccc35)cc2)cc1. The van der Waals surface area contributed by atoms with E-state index >= 15 is 0 Å². The van der Waals surface area contributed by atoms with E-state index in [1.54, 1.807) is 0 Å². The Kier molecular flexibility index (Phi) is 7.14. The molecule has 0 atom stereocenters. The summed E-state index contributed by atoms with van der Waals surface area (Å²) in [5, 5.41) is 6.79. The van der Waals surface area contributed by atoms with Gasteiger partial charge in [-0.2, -0.15) is 0 Å². The molecule has 10 aromatic rings. The maximum absolute atomic E-state index is 6.22. The van der Waals surface area contributed by atoms with Crippen LogP contribution in [0.3, 0.4) is 0 Å². The van der Waals surface area contributed by atoms with Gasteiger partial charge in [-0.15, -0.1) is 0 Å². The summed E-state index contributed by atoms with van der Waals surface area (Å²) in [6.07, 6.45) is 1.96. The van der Waals surface area contributed by atoms with E-state index in [4.69, 9.17) is 9.40 Å². The Hall–Kier alpha value is -6.97. The van der Waals surface area contributed by atoms with Gasteiger partial charge in [-0.3, -0.25) is 4.90 Å². The first-order valence-corrected chi connectivity index (χ1v) is 17.6. The van der Waals surface area contributed by atoms with Crippen LogP contribution in [-0.2, 0) is 0 Å². The first-order valence-electron chi connectivity index (χ1n) is 17.6. The Morgan fingerprint density at radius 2 is 1.04 bits per heavy atom. The second-order valence-electron chi connectivity index (χ2n) is 13.2. The van der Waals surface area contributed by atoms with Crippen LogP contribution in [0, 0.1) is 0 Å². The highest BCUT2D eigenvalue weighted by Gasteiger charge is 2.19. The summed E-state index contributed by atoms with van der Waals surface area (Å²) in [6.45, 7) is 0. The fourth-order valence-corrected chi connectivity index (χ4v) is 7.55. The molecule has 8 aromatic carbocycles. The van der Waals surface area contributed by atoms with Crippen LogP contribution in [-0.4, -0.2) is 4.98 Å². The normalized spacial score (nSPS) is 11.5. The van der Waals surface area contributed by atoms with Crippen molar-refractivity contribution in [3.8, 4) is 33.4 Å². The first-order chi connectivity index (χ1) is 25.8. The molecule has 0 bridgehead atoms. The van der Waals surface area contributed by atoms with Crippen LogP contribution >= 0.6 is 0 Å². The van der Waals surface area contributed by atoms with Crippen molar-refractivity contribution in [1.82, 2.24) is 4.98 Å². The molecule has 0 saturated carbocycles. The highest BCUT2D eigenvalue weighted by molar-refractivity contribution is 6.10. The molecule has 10 rings (SSSR count). The molecule has 0 fully saturated rings. The molecule has 0 saturated heterocycles. The number of hydrogen-bond acceptors (Lipinski definition) is 3. The van der Waals surface area contributed by atoms with Crippen molar-refractivity contribution in [1.29, 1.82) is 0 Å². The van der Waals surface area contributed by atoms with E-state index in [0.717, 1.165) is 49.9 Å². The second-order valence-corrected chi connectivity index (χ2v) is 13.2. The average molecular weight is 665 g/mol. The minimum atomic E-state index is 0.837. The molecule has 3 nitrogen and oxygen atoms in total. The van der Waals surface area contributed by atoms with Gasteiger partial charge in [-0.25, -0.2) is 4.98 Å². The smallest absolute Gasteiger partial charge is 0.138 e. The van der Waals surface area contributed by atoms with Crippen molar-refractivity contribution in [2.75, 3.05) is 4.90 Å². The lowest BCUT2D eigenvalue weighted by atomic mass is 9.90. The highest BCUT2D eigenvalue weighted by atomic mass is 16.3. The number of benzene rings is 8. The Morgan fingerprint density at radius 3 is 1.87 bits per heavy atom. The number of rotatable bonds is 6. The number of aromatic nitrogens is 1. The van der Waals surface area contributed by atoms with Crippen LogP contribution in [0.1, 0.15) is 0 Å². The van der Waals surface area contributed by atoms with Gasteiger partial charge in [-0.05, 0) is 98.1 Å². The van der Waals surface area contributed by atoms with E-state index in [-0.39, 0.29) is 0 Å². The maximum atomic E-state index is 6.22. The predicted octanol–water partition coefficient (Wildman–Crippen LogP) is 13.8. The van der Waals surface area contributed by atoms with Crippen LogP contribution in [0.15, 0.2) is 199 Å². The molecule has 0 aliphatic heterocycles. The molecule has 2 heterocycles. The molecular formula is C49H32N2O. The Labute approximate surface area is 301 Å². The van der Waals surface area contributed by atoms with Crippen molar-refractivity contribution in [3.05, 3.63) is 194 Å². The number of furan rings is 1. The highest BCUT2D eigenvalue weighted by Crippen LogP contribution is 2.43. The third-order valence-corrected chi connectivity index (χ3v) is 10.1. The summed E-state index contributed by atoms with van der Waals surface area (Å²) in [7, 11) is 0. The molecule has 0 unspecified atom stereocenters. The minimum Gasteiger partial charge on any atom is -0.456 e. The largest absolute Gasteiger partial charge is 0.456 e. The minimum absolute atomic E-state index is 0.837. The van der Waals surface area contributed by atoms with E-state index < -0.39 is 0 Å². The molecule has 0 aliphatic rings. The van der Waals surface area contributed by atoms with Gasteiger partial charge >= 0.3 is 0 Å². The number of fused-ring (bicyclic) bond motifs is 5. The zero-order valence-corrected chi connectivity index (χ0v) is 28.3. The van der Waals surface area contributed by atoms with E-state index in [1.165, 1.54) is 44.2 Å². The third kappa shape index (κ3) is 5.19. The fraction of sp³-hybridized carbons (Fsp3) is 0. The van der Waals surface area contributed by atoms with E-state index in [1.807, 2.05) is 18.3 Å². The van der Waals surface area contributed by atoms with E-state index in [2.05, 4.69) is 181 Å². The average Bonchev–Trinajstić information content (AvgIpc) is 3.58. The molecule has 0 radical (unpaired) electrons. The number of nitrogens with zero attached hydrogens (tertiary/aromatic N) is 2. The zero-order valence-electron chi connectivity index (χ0n) is 28.3. The van der Waals surface area contributed by atoms with Crippen LogP contribution in [0.25, 0.3) is 76.9 Å². The van der Waals surface area contributed by atoms with Gasteiger partial charge < -0.3 is 4.42 Å². The molecule has 3 heteroatoms. The lowest BCUT2D eigenvalue weighted by Crippen LogP contribution is -2.12. The lowest BCUT2D eigenvalue weighted by molar-refractivity contribution is 0.669. The molecule has 0 N–H and O–H groups in total. The lowest BCUT2D eigenvalue weighted by Gasteiger charge is -2.26. The Morgan fingerprint density at radius 1 is 0.365 bits per heavy atom. The van der Waals surface area contributed by atoms with Crippen LogP contribution in [0.4, 0.5) is 17.2 Å². The molecular weight excluding hydrogens is 633 g/mol. The van der Waals surface area contributed by atoms with Gasteiger partial charge in [-0.1, -0.05) is 140 Å². The van der Waals surface area contributed by atoms with E-state index in [0.29, 0.717) is 0 Å². The number of pyridine rings is 1. The monoisotopic (exact) mass is 664 g/mol. The molecule has 0 amide bonds.